The van der Waals surface area contributed by atoms with Crippen molar-refractivity contribution in [3.63, 3.8) is 0 Å². The Kier molecular flexibility index (Phi) is 6.96. The molecule has 0 saturated heterocycles. The number of rotatable bonds is 6. The van der Waals surface area contributed by atoms with Crippen molar-refractivity contribution >= 4 is 11.9 Å². The monoisotopic (exact) mass is 257 g/mol. The maximum absolute atomic E-state index is 11.7. The number of carbonyl (C=O) groups excluding carboxylic acids is 2. The Morgan fingerprint density at radius 2 is 1.78 bits per heavy atom. The quantitative estimate of drug-likeness (QED) is 0.587. The zero-order valence-electron chi connectivity index (χ0n) is 12.5. The van der Waals surface area contributed by atoms with Gasteiger partial charge in [0.1, 0.15) is 6.61 Å². The van der Waals surface area contributed by atoms with Crippen molar-refractivity contribution < 1.29 is 14.3 Å². The molecule has 0 aliphatic rings. The first kappa shape index (κ1) is 16.9. The minimum Gasteiger partial charge on any atom is -0.464 e. The van der Waals surface area contributed by atoms with E-state index in [1.165, 1.54) is 0 Å². The summed E-state index contributed by atoms with van der Waals surface area (Å²) < 4.78 is 5.14. The van der Waals surface area contributed by atoms with E-state index in [0.717, 1.165) is 6.42 Å². The fourth-order valence-corrected chi connectivity index (χ4v) is 1.16. The number of nitrogens with one attached hydrogen (secondary N) is 1. The molecule has 0 bridgehead atoms. The Morgan fingerprint density at radius 3 is 2.22 bits per heavy atom. The van der Waals surface area contributed by atoms with Gasteiger partial charge in [0.2, 0.25) is 5.91 Å². The van der Waals surface area contributed by atoms with Gasteiger partial charge < -0.3 is 10.1 Å². The van der Waals surface area contributed by atoms with Crippen molar-refractivity contribution in [2.45, 2.75) is 48.0 Å². The number of amides is 1. The van der Waals surface area contributed by atoms with Crippen molar-refractivity contribution in [3.05, 3.63) is 0 Å². The fourth-order valence-electron chi connectivity index (χ4n) is 1.16. The zero-order valence-corrected chi connectivity index (χ0v) is 12.5. The molecule has 1 N–H and O–H groups in total. The van der Waals surface area contributed by atoms with Gasteiger partial charge in [-0.15, -0.1) is 0 Å². The normalized spacial score (nSPS) is 14.8. The van der Waals surface area contributed by atoms with Crippen molar-refractivity contribution in [2.24, 2.45) is 17.3 Å². The van der Waals surface area contributed by atoms with Gasteiger partial charge in [0, 0.05) is 5.92 Å². The smallest absolute Gasteiger partial charge is 0.309 e. The molecule has 0 rings (SSSR count). The highest BCUT2D eigenvalue weighted by atomic mass is 16.5. The maximum Gasteiger partial charge on any atom is 0.309 e. The molecule has 2 atom stereocenters. The number of hydrogen-bond acceptors (Lipinski definition) is 3. The zero-order chi connectivity index (χ0) is 14.3. The molecule has 0 saturated carbocycles. The van der Waals surface area contributed by atoms with E-state index in [2.05, 4.69) is 5.32 Å². The molecule has 106 valence electrons. The summed E-state index contributed by atoms with van der Waals surface area (Å²) in [5, 5.41) is 2.75. The van der Waals surface area contributed by atoms with Crippen LogP contribution in [0.25, 0.3) is 0 Å². The molecule has 0 radical (unpaired) electrons. The van der Waals surface area contributed by atoms with E-state index in [4.69, 9.17) is 4.74 Å². The fraction of sp³-hybridized carbons (Fsp3) is 0.857. The van der Waals surface area contributed by atoms with Crippen LogP contribution >= 0.6 is 0 Å². The van der Waals surface area contributed by atoms with E-state index in [9.17, 15) is 9.59 Å². The second-order valence-electron chi connectivity index (χ2n) is 5.86. The molecule has 0 aliphatic heterocycles. The molecule has 18 heavy (non-hydrogen) atoms. The van der Waals surface area contributed by atoms with Crippen molar-refractivity contribution in [3.8, 4) is 0 Å². The first-order valence-corrected chi connectivity index (χ1v) is 6.64. The molecule has 2 unspecified atom stereocenters. The van der Waals surface area contributed by atoms with Crippen LogP contribution in [0.4, 0.5) is 0 Å². The van der Waals surface area contributed by atoms with Crippen LogP contribution in [-0.2, 0) is 14.3 Å². The van der Waals surface area contributed by atoms with Gasteiger partial charge in [-0.2, -0.15) is 0 Å². The summed E-state index contributed by atoms with van der Waals surface area (Å²) in [6, 6.07) is 0. The topological polar surface area (TPSA) is 55.4 Å². The number of carbonyl (C=O) groups is 2. The molecule has 0 fully saturated rings. The van der Waals surface area contributed by atoms with Gasteiger partial charge in [-0.3, -0.25) is 9.59 Å². The Labute approximate surface area is 110 Å². The van der Waals surface area contributed by atoms with E-state index in [1.54, 1.807) is 0 Å². The van der Waals surface area contributed by atoms with Gasteiger partial charge in [-0.1, -0.05) is 41.5 Å². The van der Waals surface area contributed by atoms with Gasteiger partial charge in [0.05, 0.1) is 12.5 Å². The summed E-state index contributed by atoms with van der Waals surface area (Å²) in [5.74, 6) is -0.338. The van der Waals surface area contributed by atoms with E-state index in [0.29, 0.717) is 6.54 Å². The van der Waals surface area contributed by atoms with Crippen molar-refractivity contribution in [2.75, 3.05) is 13.2 Å². The van der Waals surface area contributed by atoms with E-state index in [-0.39, 0.29) is 35.7 Å². The highest BCUT2D eigenvalue weighted by Gasteiger charge is 2.27. The summed E-state index contributed by atoms with van der Waals surface area (Å²) in [6.45, 7) is 12.3. The molecule has 0 spiro atoms. The second-order valence-corrected chi connectivity index (χ2v) is 5.86. The number of ether oxygens (including phenoxy) is 1. The molecule has 0 aliphatic carbocycles. The average Bonchev–Trinajstić information content (AvgIpc) is 2.30. The average molecular weight is 257 g/mol. The van der Waals surface area contributed by atoms with Gasteiger partial charge in [-0.25, -0.2) is 0 Å². The molecule has 4 nitrogen and oxygen atoms in total. The lowest BCUT2D eigenvalue weighted by Crippen LogP contribution is -2.34. The van der Waals surface area contributed by atoms with Crippen molar-refractivity contribution in [1.82, 2.24) is 5.32 Å². The third-order valence-corrected chi connectivity index (χ3v) is 3.36. The molecule has 0 aromatic carbocycles. The number of esters is 1. The van der Waals surface area contributed by atoms with Gasteiger partial charge in [-0.05, 0) is 11.8 Å². The minimum atomic E-state index is -0.208. The highest BCUT2D eigenvalue weighted by molar-refractivity contribution is 5.78. The van der Waals surface area contributed by atoms with Crippen LogP contribution in [0.3, 0.4) is 0 Å². The van der Waals surface area contributed by atoms with Crippen LogP contribution < -0.4 is 5.32 Å². The lowest BCUT2D eigenvalue weighted by atomic mass is 9.82. The summed E-state index contributed by atoms with van der Waals surface area (Å²) in [6.07, 6.45) is 0.812. The Morgan fingerprint density at radius 1 is 1.22 bits per heavy atom. The van der Waals surface area contributed by atoms with Gasteiger partial charge >= 0.3 is 5.97 Å². The summed E-state index contributed by atoms with van der Waals surface area (Å²) in [5.41, 5.74) is -0.100. The van der Waals surface area contributed by atoms with Crippen LogP contribution in [-0.4, -0.2) is 25.0 Å². The highest BCUT2D eigenvalue weighted by Crippen LogP contribution is 2.26. The Bertz CT molecular complexity index is 281. The largest absolute Gasteiger partial charge is 0.464 e. The van der Waals surface area contributed by atoms with E-state index in [1.807, 2.05) is 41.5 Å². The predicted octanol–water partition coefficient (Wildman–Crippen LogP) is 2.37. The Balaban J connectivity index is 3.86. The standard InChI is InChI=1S/C14H27NO3/c1-7-10(2)12(16)15-8-9-18-13(17)11(3)14(4,5)6/h10-11H,7-9H2,1-6H3,(H,15,16). The molecule has 0 aromatic heterocycles. The van der Waals surface area contributed by atoms with Crippen LogP contribution in [0.2, 0.25) is 0 Å². The predicted molar refractivity (Wildman–Crippen MR) is 72.0 cm³/mol. The van der Waals surface area contributed by atoms with Gasteiger partial charge in [0.25, 0.3) is 0 Å². The Hall–Kier alpha value is -1.06. The third-order valence-electron chi connectivity index (χ3n) is 3.36. The SMILES string of the molecule is CCC(C)C(=O)NCCOC(=O)C(C)C(C)(C)C. The maximum atomic E-state index is 11.7. The van der Waals surface area contributed by atoms with Gasteiger partial charge in [0.15, 0.2) is 0 Å². The first-order chi connectivity index (χ1) is 8.20. The number of hydrogen-bond donors (Lipinski definition) is 1. The molecule has 4 heteroatoms. The summed E-state index contributed by atoms with van der Waals surface area (Å²) >= 11 is 0. The van der Waals surface area contributed by atoms with E-state index >= 15 is 0 Å². The van der Waals surface area contributed by atoms with E-state index < -0.39 is 0 Å². The molecule has 0 aromatic rings. The first-order valence-electron chi connectivity index (χ1n) is 6.64. The van der Waals surface area contributed by atoms with Crippen LogP contribution in [0.5, 0.6) is 0 Å². The van der Waals surface area contributed by atoms with Crippen molar-refractivity contribution in [1.29, 1.82) is 0 Å². The minimum absolute atomic E-state index is 0.00852. The molecular formula is C14H27NO3. The van der Waals surface area contributed by atoms with Crippen LogP contribution in [0.1, 0.15) is 48.0 Å². The van der Waals surface area contributed by atoms with Crippen LogP contribution in [0, 0.1) is 17.3 Å². The lowest BCUT2D eigenvalue weighted by Gasteiger charge is -2.25. The molecular weight excluding hydrogens is 230 g/mol. The summed E-state index contributed by atoms with van der Waals surface area (Å²) in [7, 11) is 0. The molecule has 0 heterocycles. The molecule has 1 amide bonds. The third kappa shape index (κ3) is 6.03. The summed E-state index contributed by atoms with van der Waals surface area (Å²) in [4.78, 5) is 23.1. The van der Waals surface area contributed by atoms with Crippen LogP contribution in [0.15, 0.2) is 0 Å². The lowest BCUT2D eigenvalue weighted by molar-refractivity contribution is -0.151. The second kappa shape index (κ2) is 7.39.